The molecule has 1 aliphatic carbocycles. The van der Waals surface area contributed by atoms with Gasteiger partial charge < -0.3 is 19.4 Å². The number of anilines is 2. The van der Waals surface area contributed by atoms with Gasteiger partial charge in [-0.2, -0.15) is 4.98 Å². The van der Waals surface area contributed by atoms with Crippen LogP contribution < -0.4 is 16.3 Å². The molecule has 1 aromatic carbocycles. The van der Waals surface area contributed by atoms with E-state index < -0.39 is 17.3 Å². The van der Waals surface area contributed by atoms with Gasteiger partial charge in [0.15, 0.2) is 0 Å². The number of ether oxygens (including phenoxy) is 1. The molecule has 10 heteroatoms. The number of likely N-dealkylation sites (N-methyl/N-ethyl adjacent to an activating group) is 1. The minimum absolute atomic E-state index is 0.0720. The van der Waals surface area contributed by atoms with E-state index >= 15 is 0 Å². The third-order valence-electron chi connectivity index (χ3n) is 7.56. The number of rotatable bonds is 9. The number of hydrogen-bond donors (Lipinski definition) is 2. The van der Waals surface area contributed by atoms with Gasteiger partial charge in [0.2, 0.25) is 5.91 Å². The second-order valence-corrected chi connectivity index (χ2v) is 11.8. The Kier molecular flexibility index (Phi) is 9.62. The average Bonchev–Trinajstić information content (AvgIpc) is 2.93. The molecule has 0 spiro atoms. The van der Waals surface area contributed by atoms with Crippen LogP contribution in [0.1, 0.15) is 64.0 Å². The maximum atomic E-state index is 13.6. The molecule has 3 aromatic rings. The average molecular weight is 564 g/mol. The van der Waals surface area contributed by atoms with Crippen LogP contribution in [-0.4, -0.2) is 52.6 Å². The Labute approximate surface area is 240 Å². The Balaban J connectivity index is 1.48. The zero-order valence-corrected chi connectivity index (χ0v) is 24.7. The predicted octanol–water partition coefficient (Wildman–Crippen LogP) is 5.55. The van der Waals surface area contributed by atoms with Gasteiger partial charge in [0, 0.05) is 38.2 Å². The molecule has 10 nitrogen and oxygen atoms in total. The van der Waals surface area contributed by atoms with Gasteiger partial charge in [0.1, 0.15) is 5.60 Å². The van der Waals surface area contributed by atoms with Crippen molar-refractivity contribution in [3.63, 3.8) is 0 Å². The summed E-state index contributed by atoms with van der Waals surface area (Å²) in [6.07, 6.45) is 9.06. The van der Waals surface area contributed by atoms with Gasteiger partial charge >= 0.3 is 11.7 Å². The van der Waals surface area contributed by atoms with Crippen molar-refractivity contribution in [1.29, 1.82) is 0 Å². The van der Waals surface area contributed by atoms with Gasteiger partial charge in [0.05, 0.1) is 16.8 Å². The molecule has 2 aromatic heterocycles. The standard InChI is InChI=1S/C31H41N5O5/c1-20-24(35-30(39)41-31(2,3)4)11-12-25-26(20)28(38)40-29(34-25)33-19-23(22-9-7-6-8-10-22)27(37)36(5)18-15-21-13-16-32-17-14-21/h11-14,16-17,22-23H,6-10,15,18-19H2,1-5H3,(H,33,34)(H,35,39). The molecule has 0 saturated heterocycles. The molecule has 41 heavy (non-hydrogen) atoms. The molecular weight excluding hydrogens is 522 g/mol. The van der Waals surface area contributed by atoms with Crippen LogP contribution in [-0.2, 0) is 16.0 Å². The fraction of sp³-hybridized carbons (Fsp3) is 0.516. The lowest BCUT2D eigenvalue weighted by molar-refractivity contribution is -0.135. The molecule has 1 aliphatic rings. The minimum atomic E-state index is -0.652. The number of hydrogen-bond acceptors (Lipinski definition) is 8. The van der Waals surface area contributed by atoms with Gasteiger partial charge in [-0.1, -0.05) is 19.3 Å². The summed E-state index contributed by atoms with van der Waals surface area (Å²) in [7, 11) is 1.85. The van der Waals surface area contributed by atoms with E-state index in [1.807, 2.05) is 19.2 Å². The number of amides is 2. The first-order valence-corrected chi connectivity index (χ1v) is 14.3. The fourth-order valence-electron chi connectivity index (χ4n) is 5.37. The van der Waals surface area contributed by atoms with Crippen LogP contribution in [0, 0.1) is 18.8 Å². The predicted molar refractivity (Wildman–Crippen MR) is 159 cm³/mol. The zero-order chi connectivity index (χ0) is 29.6. The van der Waals surface area contributed by atoms with Crippen molar-refractivity contribution in [3.05, 3.63) is 58.2 Å². The third-order valence-corrected chi connectivity index (χ3v) is 7.56. The summed E-state index contributed by atoms with van der Waals surface area (Å²) < 4.78 is 10.9. The Morgan fingerprint density at radius 2 is 1.83 bits per heavy atom. The van der Waals surface area contributed by atoms with E-state index in [-0.39, 0.29) is 29.1 Å². The van der Waals surface area contributed by atoms with Crippen LogP contribution >= 0.6 is 0 Å². The van der Waals surface area contributed by atoms with Gasteiger partial charge in [0.25, 0.3) is 6.01 Å². The van der Waals surface area contributed by atoms with E-state index in [1.54, 1.807) is 57.1 Å². The number of nitrogens with zero attached hydrogens (tertiary/aromatic N) is 3. The Hall–Kier alpha value is -3.95. The van der Waals surface area contributed by atoms with Crippen LogP contribution in [0.2, 0.25) is 0 Å². The first-order valence-electron chi connectivity index (χ1n) is 14.3. The summed E-state index contributed by atoms with van der Waals surface area (Å²) in [4.78, 5) is 49.3. The molecule has 0 aliphatic heterocycles. The van der Waals surface area contributed by atoms with Crippen LogP contribution in [0.15, 0.2) is 45.9 Å². The molecule has 2 N–H and O–H groups in total. The highest BCUT2D eigenvalue weighted by Gasteiger charge is 2.32. The normalized spacial score (nSPS) is 14.9. The molecule has 1 fully saturated rings. The summed E-state index contributed by atoms with van der Waals surface area (Å²) in [6, 6.07) is 7.34. The van der Waals surface area contributed by atoms with E-state index in [9.17, 15) is 14.4 Å². The molecule has 1 unspecified atom stereocenters. The van der Waals surface area contributed by atoms with Crippen molar-refractivity contribution in [2.75, 3.05) is 30.8 Å². The van der Waals surface area contributed by atoms with E-state index in [1.165, 1.54) is 6.42 Å². The molecule has 220 valence electrons. The summed E-state index contributed by atoms with van der Waals surface area (Å²) in [6.45, 7) is 7.98. The number of nitrogens with one attached hydrogen (secondary N) is 2. The van der Waals surface area contributed by atoms with Crippen molar-refractivity contribution in [3.8, 4) is 0 Å². The molecule has 0 radical (unpaired) electrons. The summed E-state index contributed by atoms with van der Waals surface area (Å²) in [5.41, 5.74) is 1.32. The summed E-state index contributed by atoms with van der Waals surface area (Å²) in [5.74, 6) is 0.0704. The van der Waals surface area contributed by atoms with Crippen molar-refractivity contribution < 1.29 is 18.7 Å². The third kappa shape index (κ3) is 8.05. The van der Waals surface area contributed by atoms with E-state index in [4.69, 9.17) is 9.15 Å². The van der Waals surface area contributed by atoms with Gasteiger partial charge in [-0.05, 0) is 88.3 Å². The quantitative estimate of drug-likeness (QED) is 0.347. The van der Waals surface area contributed by atoms with Crippen LogP contribution in [0.5, 0.6) is 0 Å². The minimum Gasteiger partial charge on any atom is -0.444 e. The Bertz CT molecular complexity index is 1410. The maximum absolute atomic E-state index is 13.6. The van der Waals surface area contributed by atoms with Crippen LogP contribution in [0.25, 0.3) is 10.9 Å². The Morgan fingerprint density at radius 3 is 2.51 bits per heavy atom. The highest BCUT2D eigenvalue weighted by atomic mass is 16.6. The molecular formula is C31H41N5O5. The smallest absolute Gasteiger partial charge is 0.412 e. The molecule has 1 saturated carbocycles. The molecule has 1 atom stereocenters. The number of benzene rings is 1. The van der Waals surface area contributed by atoms with Crippen LogP contribution in [0.4, 0.5) is 16.5 Å². The largest absolute Gasteiger partial charge is 0.444 e. The number of carbonyl (C=O) groups is 2. The highest BCUT2D eigenvalue weighted by Crippen LogP contribution is 2.32. The Morgan fingerprint density at radius 1 is 1.12 bits per heavy atom. The van der Waals surface area contributed by atoms with Crippen molar-refractivity contribution in [2.24, 2.45) is 11.8 Å². The van der Waals surface area contributed by atoms with E-state index in [2.05, 4.69) is 20.6 Å². The molecule has 0 bridgehead atoms. The van der Waals surface area contributed by atoms with E-state index in [0.29, 0.717) is 29.9 Å². The summed E-state index contributed by atoms with van der Waals surface area (Å²) >= 11 is 0. The SMILES string of the molecule is Cc1c(NC(=O)OC(C)(C)C)ccc2nc(NCC(C(=O)N(C)CCc3ccncc3)C3CCCCC3)oc(=O)c12. The second-order valence-electron chi connectivity index (χ2n) is 11.8. The second kappa shape index (κ2) is 13.1. The van der Waals surface area contributed by atoms with Crippen molar-refractivity contribution >= 4 is 34.6 Å². The van der Waals surface area contributed by atoms with Gasteiger partial charge in [-0.15, -0.1) is 0 Å². The lowest BCUT2D eigenvalue weighted by Gasteiger charge is -2.32. The number of aryl methyl sites for hydroxylation is 1. The van der Waals surface area contributed by atoms with Crippen LogP contribution in [0.3, 0.4) is 0 Å². The first kappa shape index (κ1) is 30.0. The lowest BCUT2D eigenvalue weighted by Crippen LogP contribution is -2.41. The topological polar surface area (TPSA) is 127 Å². The van der Waals surface area contributed by atoms with Crippen molar-refractivity contribution in [1.82, 2.24) is 14.9 Å². The monoisotopic (exact) mass is 563 g/mol. The fourth-order valence-corrected chi connectivity index (χ4v) is 5.37. The number of fused-ring (bicyclic) bond motifs is 1. The highest BCUT2D eigenvalue weighted by molar-refractivity contribution is 5.93. The lowest BCUT2D eigenvalue weighted by atomic mass is 9.79. The molecule has 2 heterocycles. The summed E-state index contributed by atoms with van der Waals surface area (Å²) in [5, 5.41) is 6.12. The number of carbonyl (C=O) groups excluding carboxylic acids is 2. The first-order chi connectivity index (χ1) is 19.5. The number of aromatic nitrogens is 2. The van der Waals surface area contributed by atoms with Crippen molar-refractivity contribution in [2.45, 2.75) is 71.8 Å². The molecule has 4 rings (SSSR count). The molecule has 2 amide bonds. The zero-order valence-electron chi connectivity index (χ0n) is 24.7. The van der Waals surface area contributed by atoms with E-state index in [0.717, 1.165) is 37.7 Å². The van der Waals surface area contributed by atoms with Gasteiger partial charge in [-0.3, -0.25) is 15.1 Å². The number of pyridine rings is 1. The maximum Gasteiger partial charge on any atom is 0.412 e. The van der Waals surface area contributed by atoms with Gasteiger partial charge in [-0.25, -0.2) is 9.59 Å².